The fraction of sp³-hybridized carbons (Fsp3) is 0.375. The van der Waals surface area contributed by atoms with E-state index in [4.69, 9.17) is 9.84 Å². The number of Topliss-reactive ketones (excluding diaryl/α,β-unsaturated/α-hetero) is 1. The number of carbonyl (C=O) groups is 3. The number of carbonyl (C=O) groups excluding carboxylic acids is 2. The minimum Gasteiger partial charge on any atom is -0.480 e. The summed E-state index contributed by atoms with van der Waals surface area (Å²) in [7, 11) is 1.52. The van der Waals surface area contributed by atoms with Crippen LogP contribution < -0.4 is 5.43 Å². The highest BCUT2D eigenvalue weighted by atomic mass is 16.5. The molecule has 0 heterocycles. The van der Waals surface area contributed by atoms with E-state index in [9.17, 15) is 14.4 Å². The molecule has 1 aliphatic carbocycles. The minimum atomic E-state index is -1.04. The molecule has 31 heavy (non-hydrogen) atoms. The first-order chi connectivity index (χ1) is 14.8. The fourth-order valence-electron chi connectivity index (χ4n) is 4.02. The van der Waals surface area contributed by atoms with Crippen LogP contribution in [0.15, 0.2) is 48.5 Å². The van der Waals surface area contributed by atoms with Crippen LogP contribution in [0.2, 0.25) is 0 Å². The van der Waals surface area contributed by atoms with Crippen molar-refractivity contribution in [3.63, 3.8) is 0 Å². The van der Waals surface area contributed by atoms with Gasteiger partial charge in [-0.1, -0.05) is 62.4 Å². The number of hydrazine groups is 1. The molecule has 2 aromatic carbocycles. The Kier molecular flexibility index (Phi) is 7.20. The van der Waals surface area contributed by atoms with Gasteiger partial charge in [-0.25, -0.2) is 15.2 Å². The average molecular weight is 424 g/mol. The average Bonchev–Trinajstić information content (AvgIpc) is 3.04. The van der Waals surface area contributed by atoms with E-state index in [0.29, 0.717) is 6.42 Å². The van der Waals surface area contributed by atoms with Crippen molar-refractivity contribution in [2.75, 3.05) is 20.2 Å². The molecule has 1 aliphatic rings. The lowest BCUT2D eigenvalue weighted by Gasteiger charge is -2.24. The molecular weight excluding hydrogens is 396 g/mol. The maximum Gasteiger partial charge on any atom is 0.376 e. The van der Waals surface area contributed by atoms with Crippen LogP contribution in [0, 0.1) is 5.92 Å². The van der Waals surface area contributed by atoms with Gasteiger partial charge in [0.15, 0.2) is 0 Å². The van der Waals surface area contributed by atoms with Gasteiger partial charge in [-0.3, -0.25) is 9.59 Å². The van der Waals surface area contributed by atoms with Crippen molar-refractivity contribution in [3.05, 3.63) is 59.7 Å². The molecular formula is C24H28N2O5. The number of ether oxygens (including phenoxy) is 1. The van der Waals surface area contributed by atoms with Crippen LogP contribution in [0.5, 0.6) is 0 Å². The summed E-state index contributed by atoms with van der Waals surface area (Å²) in [6, 6.07) is 15.1. The summed E-state index contributed by atoms with van der Waals surface area (Å²) in [6.45, 7) is 3.62. The number of nitrogens with zero attached hydrogens (tertiary/aromatic N) is 1. The van der Waals surface area contributed by atoms with Crippen LogP contribution in [-0.4, -0.2) is 54.1 Å². The van der Waals surface area contributed by atoms with E-state index in [1.165, 1.54) is 12.1 Å². The molecule has 0 aromatic heterocycles. The summed E-state index contributed by atoms with van der Waals surface area (Å²) in [5, 5.41) is 10.2. The number of aliphatic carboxylic acids is 1. The Morgan fingerprint density at radius 3 is 2.10 bits per heavy atom. The topological polar surface area (TPSA) is 95.9 Å². The third kappa shape index (κ3) is 5.37. The predicted molar refractivity (Wildman–Crippen MR) is 116 cm³/mol. The lowest BCUT2D eigenvalue weighted by Crippen LogP contribution is -2.51. The van der Waals surface area contributed by atoms with Gasteiger partial charge in [0.05, 0.1) is 6.04 Å². The zero-order valence-corrected chi connectivity index (χ0v) is 18.0. The Labute approximate surface area is 182 Å². The van der Waals surface area contributed by atoms with Gasteiger partial charge in [0.2, 0.25) is 0 Å². The van der Waals surface area contributed by atoms with Gasteiger partial charge >= 0.3 is 11.9 Å². The highest BCUT2D eigenvalue weighted by Gasteiger charge is 2.32. The van der Waals surface area contributed by atoms with Crippen molar-refractivity contribution >= 4 is 17.7 Å². The lowest BCUT2D eigenvalue weighted by molar-refractivity contribution is -0.155. The largest absolute Gasteiger partial charge is 0.480 e. The summed E-state index contributed by atoms with van der Waals surface area (Å²) in [5.74, 6) is -2.66. The smallest absolute Gasteiger partial charge is 0.376 e. The monoisotopic (exact) mass is 424 g/mol. The standard InChI is InChI=1S/C24H28N2O5/c1-15(2)12-21(25-26(3)13-22(27)28)23(29)24(30)31-14-20-18-10-6-4-8-16(18)17-9-5-7-11-19(17)20/h4-11,15,20-21,25H,12-14H2,1-3H3,(H,27,28)/t21-/m0/s1. The summed E-state index contributed by atoms with van der Waals surface area (Å²) < 4.78 is 5.46. The van der Waals surface area contributed by atoms with Gasteiger partial charge in [-0.2, -0.15) is 0 Å². The van der Waals surface area contributed by atoms with Crippen molar-refractivity contribution in [2.24, 2.45) is 5.92 Å². The molecule has 0 radical (unpaired) electrons. The number of carboxylic acid groups (broad SMARTS) is 1. The molecule has 0 aliphatic heterocycles. The van der Waals surface area contributed by atoms with Crippen LogP contribution in [-0.2, 0) is 19.1 Å². The van der Waals surface area contributed by atoms with Gasteiger partial charge in [-0.15, -0.1) is 0 Å². The number of hydrogen-bond acceptors (Lipinski definition) is 6. The summed E-state index contributed by atoms with van der Waals surface area (Å²) in [6.07, 6.45) is 0.382. The SMILES string of the molecule is CC(C)C[C@H](NN(C)CC(=O)O)C(=O)C(=O)OCC1c2ccccc2-c2ccccc21. The second-order valence-corrected chi connectivity index (χ2v) is 8.25. The molecule has 7 nitrogen and oxygen atoms in total. The van der Waals surface area contributed by atoms with Crippen LogP contribution >= 0.6 is 0 Å². The van der Waals surface area contributed by atoms with E-state index in [2.05, 4.69) is 5.43 Å². The molecule has 164 valence electrons. The lowest BCUT2D eigenvalue weighted by atomic mass is 9.98. The van der Waals surface area contributed by atoms with E-state index in [-0.39, 0.29) is 25.0 Å². The zero-order valence-electron chi connectivity index (χ0n) is 18.0. The Hall–Kier alpha value is -3.03. The van der Waals surface area contributed by atoms with Crippen LogP contribution in [0.25, 0.3) is 11.1 Å². The molecule has 0 saturated heterocycles. The maximum atomic E-state index is 12.8. The van der Waals surface area contributed by atoms with Crippen LogP contribution in [0.3, 0.4) is 0 Å². The second-order valence-electron chi connectivity index (χ2n) is 8.25. The van der Waals surface area contributed by atoms with Gasteiger partial charge < -0.3 is 9.84 Å². The van der Waals surface area contributed by atoms with E-state index in [1.54, 1.807) is 0 Å². The molecule has 0 bridgehead atoms. The van der Waals surface area contributed by atoms with E-state index in [1.807, 2.05) is 62.4 Å². The number of likely N-dealkylation sites (N-methyl/N-ethyl adjacent to an activating group) is 1. The van der Waals surface area contributed by atoms with E-state index < -0.39 is 23.8 Å². The van der Waals surface area contributed by atoms with Gasteiger partial charge in [-0.05, 0) is 34.6 Å². The van der Waals surface area contributed by atoms with Crippen molar-refractivity contribution in [3.8, 4) is 11.1 Å². The van der Waals surface area contributed by atoms with Crippen molar-refractivity contribution in [2.45, 2.75) is 32.2 Å². The number of benzene rings is 2. The first-order valence-electron chi connectivity index (χ1n) is 10.4. The molecule has 0 spiro atoms. The normalized spacial score (nSPS) is 13.7. The summed E-state index contributed by atoms with van der Waals surface area (Å²) in [5.41, 5.74) is 7.19. The van der Waals surface area contributed by atoms with Crippen molar-refractivity contribution in [1.29, 1.82) is 0 Å². The quantitative estimate of drug-likeness (QED) is 0.344. The molecule has 1 atom stereocenters. The molecule has 0 unspecified atom stereocenters. The maximum absolute atomic E-state index is 12.8. The summed E-state index contributed by atoms with van der Waals surface area (Å²) in [4.78, 5) is 36.3. The number of nitrogens with one attached hydrogen (secondary N) is 1. The Morgan fingerprint density at radius 2 is 1.58 bits per heavy atom. The van der Waals surface area contributed by atoms with E-state index in [0.717, 1.165) is 22.3 Å². The highest BCUT2D eigenvalue weighted by Crippen LogP contribution is 2.44. The molecule has 2 N–H and O–H groups in total. The predicted octanol–water partition coefficient (Wildman–Crippen LogP) is 2.85. The molecule has 0 fully saturated rings. The van der Waals surface area contributed by atoms with Crippen molar-refractivity contribution < 1.29 is 24.2 Å². The third-order valence-electron chi connectivity index (χ3n) is 5.32. The first-order valence-corrected chi connectivity index (χ1v) is 10.4. The third-order valence-corrected chi connectivity index (χ3v) is 5.32. The first kappa shape index (κ1) is 22.7. The zero-order chi connectivity index (χ0) is 22.5. The number of carboxylic acids is 1. The number of fused-ring (bicyclic) bond motifs is 3. The Bertz CT molecular complexity index is 926. The van der Waals surface area contributed by atoms with Gasteiger partial charge in [0.1, 0.15) is 13.2 Å². The highest BCUT2D eigenvalue weighted by molar-refractivity contribution is 6.35. The fourth-order valence-corrected chi connectivity index (χ4v) is 4.02. The number of hydrogen-bond donors (Lipinski definition) is 2. The Balaban J connectivity index is 1.70. The number of ketones is 1. The minimum absolute atomic E-state index is 0.0674. The Morgan fingerprint density at radius 1 is 1.03 bits per heavy atom. The molecule has 0 amide bonds. The number of rotatable bonds is 10. The van der Waals surface area contributed by atoms with Crippen LogP contribution in [0.4, 0.5) is 0 Å². The van der Waals surface area contributed by atoms with Crippen molar-refractivity contribution in [1.82, 2.24) is 10.4 Å². The number of esters is 1. The van der Waals surface area contributed by atoms with E-state index >= 15 is 0 Å². The second kappa shape index (κ2) is 9.85. The summed E-state index contributed by atoms with van der Waals surface area (Å²) >= 11 is 0. The molecule has 7 heteroatoms. The molecule has 0 saturated carbocycles. The van der Waals surface area contributed by atoms with Gasteiger partial charge in [0, 0.05) is 13.0 Å². The molecule has 3 rings (SSSR count). The van der Waals surface area contributed by atoms with Gasteiger partial charge in [0.25, 0.3) is 5.78 Å². The van der Waals surface area contributed by atoms with Crippen LogP contribution in [0.1, 0.15) is 37.3 Å². The molecule has 2 aromatic rings.